The van der Waals surface area contributed by atoms with Crippen molar-refractivity contribution in [2.45, 2.75) is 39.0 Å². The number of nitrogens with zero attached hydrogens (tertiary/aromatic N) is 1. The molecule has 0 spiro atoms. The summed E-state index contributed by atoms with van der Waals surface area (Å²) in [4.78, 5) is 17.9. The highest BCUT2D eigenvalue weighted by atomic mass is 35.5. The molecule has 1 aliphatic carbocycles. The van der Waals surface area contributed by atoms with E-state index >= 15 is 0 Å². The highest BCUT2D eigenvalue weighted by Crippen LogP contribution is 2.32. The van der Waals surface area contributed by atoms with Crippen molar-refractivity contribution < 1.29 is 9.53 Å². The highest BCUT2D eigenvalue weighted by molar-refractivity contribution is 6.31. The van der Waals surface area contributed by atoms with Gasteiger partial charge in [0, 0.05) is 21.8 Å². The number of ether oxygens (including phenoxy) is 1. The normalized spacial score (nSPS) is 12.8. The van der Waals surface area contributed by atoms with Gasteiger partial charge in [-0.15, -0.1) is 0 Å². The molecule has 1 aliphatic rings. The number of pyridine rings is 1. The van der Waals surface area contributed by atoms with E-state index in [1.807, 2.05) is 42.5 Å². The number of amides is 1. The molecule has 0 aliphatic heterocycles. The molecule has 0 atom stereocenters. The van der Waals surface area contributed by atoms with Gasteiger partial charge in [-0.3, -0.25) is 9.78 Å². The van der Waals surface area contributed by atoms with Crippen molar-refractivity contribution >= 4 is 34.1 Å². The first-order valence-electron chi connectivity index (χ1n) is 9.81. The van der Waals surface area contributed by atoms with Crippen LogP contribution in [0.25, 0.3) is 10.9 Å². The highest BCUT2D eigenvalue weighted by Gasteiger charge is 2.24. The number of hydrogen-bond acceptors (Lipinski definition) is 3. The number of aryl methyl sites for hydroxylation is 1. The molecule has 28 heavy (non-hydrogen) atoms. The van der Waals surface area contributed by atoms with E-state index in [9.17, 15) is 4.79 Å². The van der Waals surface area contributed by atoms with Gasteiger partial charge in [-0.1, -0.05) is 24.9 Å². The van der Waals surface area contributed by atoms with Crippen LogP contribution in [0.2, 0.25) is 5.02 Å². The lowest BCUT2D eigenvalue weighted by Crippen LogP contribution is -2.15. The minimum Gasteiger partial charge on any atom is -0.494 e. The Morgan fingerprint density at radius 1 is 1.18 bits per heavy atom. The average Bonchev–Trinajstić information content (AvgIpc) is 3.15. The molecule has 0 radical (unpaired) electrons. The zero-order valence-electron chi connectivity index (χ0n) is 15.9. The zero-order valence-corrected chi connectivity index (χ0v) is 16.7. The minimum absolute atomic E-state index is 0.118. The fourth-order valence-electron chi connectivity index (χ4n) is 3.66. The Balaban J connectivity index is 1.61. The van der Waals surface area contributed by atoms with Gasteiger partial charge < -0.3 is 10.1 Å². The Kier molecular flexibility index (Phi) is 5.49. The largest absolute Gasteiger partial charge is 0.494 e. The van der Waals surface area contributed by atoms with Gasteiger partial charge in [0.05, 0.1) is 17.7 Å². The summed E-state index contributed by atoms with van der Waals surface area (Å²) in [7, 11) is 0. The van der Waals surface area contributed by atoms with Gasteiger partial charge in [0.1, 0.15) is 5.75 Å². The maximum atomic E-state index is 13.2. The second-order valence-electron chi connectivity index (χ2n) is 7.11. The molecule has 4 rings (SSSR count). The van der Waals surface area contributed by atoms with Crippen molar-refractivity contribution in [2.24, 2.45) is 0 Å². The van der Waals surface area contributed by atoms with Crippen molar-refractivity contribution in [1.29, 1.82) is 0 Å². The number of hydrogen-bond donors (Lipinski definition) is 1. The lowest BCUT2D eigenvalue weighted by Gasteiger charge is -2.13. The van der Waals surface area contributed by atoms with Crippen molar-refractivity contribution in [3.8, 4) is 5.75 Å². The molecule has 5 heteroatoms. The second kappa shape index (κ2) is 8.19. The van der Waals surface area contributed by atoms with E-state index in [-0.39, 0.29) is 5.91 Å². The third-order valence-electron chi connectivity index (χ3n) is 5.08. The van der Waals surface area contributed by atoms with Crippen LogP contribution >= 0.6 is 11.6 Å². The van der Waals surface area contributed by atoms with Gasteiger partial charge >= 0.3 is 0 Å². The number of nitrogens with one attached hydrogen (secondary N) is 1. The summed E-state index contributed by atoms with van der Waals surface area (Å²) in [6.07, 6.45) is 4.94. The molecular formula is C23H23ClN2O2. The molecule has 0 unspecified atom stereocenters. The van der Waals surface area contributed by atoms with E-state index in [1.54, 1.807) is 0 Å². The predicted molar refractivity (Wildman–Crippen MR) is 114 cm³/mol. The molecular weight excluding hydrogens is 372 g/mol. The first-order chi connectivity index (χ1) is 13.7. The van der Waals surface area contributed by atoms with E-state index < -0.39 is 0 Å². The Labute approximate surface area is 169 Å². The number of halogens is 1. The van der Waals surface area contributed by atoms with E-state index in [2.05, 4.69) is 12.2 Å². The lowest BCUT2D eigenvalue weighted by atomic mass is 10.0. The molecule has 0 saturated heterocycles. The molecule has 4 nitrogen and oxygen atoms in total. The quantitative estimate of drug-likeness (QED) is 0.537. The van der Waals surface area contributed by atoms with E-state index in [4.69, 9.17) is 21.3 Å². The summed E-state index contributed by atoms with van der Waals surface area (Å²) in [6.45, 7) is 2.84. The smallest absolute Gasteiger partial charge is 0.256 e. The summed E-state index contributed by atoms with van der Waals surface area (Å²) < 4.78 is 5.69. The van der Waals surface area contributed by atoms with Gasteiger partial charge in [0.2, 0.25) is 0 Å². The Hall–Kier alpha value is -2.59. The fraction of sp³-hybridized carbons (Fsp3) is 0.304. The summed E-state index contributed by atoms with van der Waals surface area (Å²) >= 11 is 6.20. The number of fused-ring (bicyclic) bond motifs is 2. The summed E-state index contributed by atoms with van der Waals surface area (Å²) in [5.74, 6) is 0.695. The van der Waals surface area contributed by atoms with Crippen LogP contribution in [0.3, 0.4) is 0 Å². The lowest BCUT2D eigenvalue weighted by molar-refractivity contribution is 0.102. The van der Waals surface area contributed by atoms with Crippen molar-refractivity contribution in [2.75, 3.05) is 11.9 Å². The van der Waals surface area contributed by atoms with Gasteiger partial charge in [0.15, 0.2) is 0 Å². The maximum absolute atomic E-state index is 13.2. The zero-order chi connectivity index (χ0) is 19.5. The van der Waals surface area contributed by atoms with Gasteiger partial charge in [-0.2, -0.15) is 0 Å². The number of benzene rings is 2. The predicted octanol–water partition coefficient (Wildman–Crippen LogP) is 5.81. The second-order valence-corrected chi connectivity index (χ2v) is 7.54. The molecule has 2 aromatic carbocycles. The Morgan fingerprint density at radius 2 is 2.00 bits per heavy atom. The van der Waals surface area contributed by atoms with Crippen molar-refractivity contribution in [3.05, 3.63) is 64.3 Å². The van der Waals surface area contributed by atoms with Crippen molar-refractivity contribution in [1.82, 2.24) is 4.98 Å². The molecule has 3 aromatic rings. The molecule has 1 N–H and O–H groups in total. The molecule has 1 heterocycles. The van der Waals surface area contributed by atoms with Crippen LogP contribution < -0.4 is 10.1 Å². The molecule has 144 valence electrons. The van der Waals surface area contributed by atoms with Crippen LogP contribution in [-0.2, 0) is 12.8 Å². The van der Waals surface area contributed by atoms with E-state index in [1.165, 1.54) is 0 Å². The Bertz CT molecular complexity index is 1020. The maximum Gasteiger partial charge on any atom is 0.256 e. The van der Waals surface area contributed by atoms with E-state index in [0.29, 0.717) is 17.2 Å². The standard InChI is InChI=1S/C23H23ClN2O2/c1-2-3-13-28-17-10-8-16(9-11-17)25-23(27)22-18-5-4-6-20(18)26-21-12-7-15(24)14-19(21)22/h7-12,14H,2-6,13H2,1H3,(H,25,27). The number of carbonyl (C=O) groups excluding carboxylic acids is 1. The molecule has 0 fully saturated rings. The van der Waals surface area contributed by atoms with Crippen molar-refractivity contribution in [3.63, 3.8) is 0 Å². The molecule has 0 bridgehead atoms. The first kappa shape index (κ1) is 18.8. The first-order valence-corrected chi connectivity index (χ1v) is 10.2. The SMILES string of the molecule is CCCCOc1ccc(NC(=O)c2c3c(nc4ccc(Cl)cc24)CCC3)cc1. The van der Waals surface area contributed by atoms with Crippen LogP contribution in [0.15, 0.2) is 42.5 Å². The van der Waals surface area contributed by atoms with Crippen LogP contribution in [-0.4, -0.2) is 17.5 Å². The fourth-order valence-corrected chi connectivity index (χ4v) is 3.83. The monoisotopic (exact) mass is 394 g/mol. The Morgan fingerprint density at radius 3 is 2.79 bits per heavy atom. The topological polar surface area (TPSA) is 51.2 Å². The number of carbonyl (C=O) groups is 1. The number of aromatic nitrogens is 1. The average molecular weight is 395 g/mol. The molecule has 0 saturated carbocycles. The number of rotatable bonds is 6. The number of anilines is 1. The van der Waals surface area contributed by atoms with Gasteiger partial charge in [0.25, 0.3) is 5.91 Å². The van der Waals surface area contributed by atoms with Gasteiger partial charge in [-0.05, 0) is 73.7 Å². The van der Waals surface area contributed by atoms with Gasteiger partial charge in [-0.25, -0.2) is 0 Å². The van der Waals surface area contributed by atoms with Crippen LogP contribution in [0, 0.1) is 0 Å². The third kappa shape index (κ3) is 3.83. The molecule has 1 aromatic heterocycles. The van der Waals surface area contributed by atoms with Crippen LogP contribution in [0.1, 0.15) is 47.8 Å². The van der Waals surface area contributed by atoms with Crippen LogP contribution in [0.4, 0.5) is 5.69 Å². The third-order valence-corrected chi connectivity index (χ3v) is 5.31. The summed E-state index contributed by atoms with van der Waals surface area (Å²) in [5.41, 5.74) is 4.33. The minimum atomic E-state index is -0.118. The summed E-state index contributed by atoms with van der Waals surface area (Å²) in [6, 6.07) is 13.1. The molecule has 1 amide bonds. The van der Waals surface area contributed by atoms with E-state index in [0.717, 1.165) is 65.7 Å². The summed E-state index contributed by atoms with van der Waals surface area (Å²) in [5, 5.41) is 4.45. The van der Waals surface area contributed by atoms with Crippen LogP contribution in [0.5, 0.6) is 5.75 Å². The number of unbranched alkanes of at least 4 members (excludes halogenated alkanes) is 1.